The number of amides is 3. The lowest BCUT2D eigenvalue weighted by Gasteiger charge is -2.08. The summed E-state index contributed by atoms with van der Waals surface area (Å²) < 4.78 is 0. The van der Waals surface area contributed by atoms with Crippen molar-refractivity contribution in [2.45, 2.75) is 26.4 Å². The first-order chi connectivity index (χ1) is 10.5. The highest BCUT2D eigenvalue weighted by Crippen LogP contribution is 2.12. The van der Waals surface area contributed by atoms with E-state index in [1.54, 1.807) is 12.1 Å². The average molecular weight is 319 g/mol. The molecule has 7 nitrogen and oxygen atoms in total. The van der Waals surface area contributed by atoms with Crippen molar-refractivity contribution < 1.29 is 9.59 Å². The van der Waals surface area contributed by atoms with Crippen LogP contribution in [0.4, 0.5) is 10.5 Å². The van der Waals surface area contributed by atoms with Gasteiger partial charge in [-0.15, -0.1) is 10.2 Å². The Balaban J connectivity index is 1.88. The maximum Gasteiger partial charge on any atom is 0.315 e. The Morgan fingerprint density at radius 3 is 2.59 bits per heavy atom. The Hall–Kier alpha value is -2.48. The molecule has 0 radical (unpaired) electrons. The summed E-state index contributed by atoms with van der Waals surface area (Å²) in [7, 11) is 0. The van der Waals surface area contributed by atoms with Crippen molar-refractivity contribution >= 4 is 29.0 Å². The van der Waals surface area contributed by atoms with Gasteiger partial charge >= 0.3 is 6.03 Å². The maximum atomic E-state index is 12.0. The van der Waals surface area contributed by atoms with Crippen LogP contribution >= 0.6 is 11.3 Å². The zero-order chi connectivity index (χ0) is 15.9. The number of carbonyl (C=O) groups is 2. The van der Waals surface area contributed by atoms with Crippen LogP contribution in [0.15, 0.2) is 30.3 Å². The molecule has 0 spiro atoms. The molecule has 1 aromatic carbocycles. The second-order valence-corrected chi connectivity index (χ2v) is 5.86. The summed E-state index contributed by atoms with van der Waals surface area (Å²) in [4.78, 5) is 23.5. The standard InChI is InChI=1S/C14H17N5O2S/c1-9(2)16-14(21)15-8-11-18-19-13(22-11)12(20)17-10-6-4-3-5-7-10/h3-7,9H,8H2,1-2H3,(H,17,20)(H2,15,16,21). The number of urea groups is 1. The van der Waals surface area contributed by atoms with E-state index in [1.807, 2.05) is 32.0 Å². The first kappa shape index (κ1) is 15.9. The van der Waals surface area contributed by atoms with Crippen LogP contribution in [0.5, 0.6) is 0 Å². The van der Waals surface area contributed by atoms with E-state index in [9.17, 15) is 9.59 Å². The van der Waals surface area contributed by atoms with Crippen LogP contribution in [0.25, 0.3) is 0 Å². The highest BCUT2D eigenvalue weighted by molar-refractivity contribution is 7.13. The monoisotopic (exact) mass is 319 g/mol. The van der Waals surface area contributed by atoms with E-state index >= 15 is 0 Å². The molecule has 116 valence electrons. The van der Waals surface area contributed by atoms with Gasteiger partial charge in [-0.25, -0.2) is 4.79 Å². The molecular weight excluding hydrogens is 302 g/mol. The number of carbonyl (C=O) groups excluding carboxylic acids is 2. The van der Waals surface area contributed by atoms with Crippen molar-refractivity contribution in [2.75, 3.05) is 5.32 Å². The highest BCUT2D eigenvalue weighted by Gasteiger charge is 2.13. The second-order valence-electron chi connectivity index (χ2n) is 4.80. The normalized spacial score (nSPS) is 10.3. The molecule has 0 fully saturated rings. The number of hydrogen-bond acceptors (Lipinski definition) is 5. The van der Waals surface area contributed by atoms with Crippen molar-refractivity contribution in [3.05, 3.63) is 40.3 Å². The minimum Gasteiger partial charge on any atom is -0.336 e. The Labute approximate surface area is 132 Å². The van der Waals surface area contributed by atoms with Gasteiger partial charge < -0.3 is 16.0 Å². The molecular formula is C14H17N5O2S. The minimum atomic E-state index is -0.318. The van der Waals surface area contributed by atoms with Gasteiger partial charge in [0.1, 0.15) is 5.01 Å². The molecule has 3 N–H and O–H groups in total. The van der Waals surface area contributed by atoms with E-state index < -0.39 is 0 Å². The number of rotatable bonds is 5. The van der Waals surface area contributed by atoms with Crippen molar-refractivity contribution in [2.24, 2.45) is 0 Å². The van der Waals surface area contributed by atoms with E-state index in [4.69, 9.17) is 0 Å². The maximum absolute atomic E-state index is 12.0. The Kier molecular flexibility index (Phi) is 5.42. The van der Waals surface area contributed by atoms with Gasteiger partial charge in [-0.1, -0.05) is 29.5 Å². The quantitative estimate of drug-likeness (QED) is 0.785. The van der Waals surface area contributed by atoms with Gasteiger partial charge in [-0.2, -0.15) is 0 Å². The van der Waals surface area contributed by atoms with E-state index in [-0.39, 0.29) is 29.5 Å². The Morgan fingerprint density at radius 1 is 1.18 bits per heavy atom. The summed E-state index contributed by atoms with van der Waals surface area (Å²) in [5.41, 5.74) is 0.693. The van der Waals surface area contributed by atoms with Gasteiger partial charge in [0.05, 0.1) is 6.54 Å². The summed E-state index contributed by atoms with van der Waals surface area (Å²) in [6.07, 6.45) is 0. The number of anilines is 1. The van der Waals surface area contributed by atoms with Gasteiger partial charge in [-0.05, 0) is 26.0 Å². The molecule has 1 aromatic heterocycles. The third-order valence-electron chi connectivity index (χ3n) is 2.51. The van der Waals surface area contributed by atoms with Crippen molar-refractivity contribution in [3.8, 4) is 0 Å². The van der Waals surface area contributed by atoms with Crippen molar-refractivity contribution in [3.63, 3.8) is 0 Å². The van der Waals surface area contributed by atoms with Gasteiger partial charge in [0.2, 0.25) is 5.01 Å². The molecule has 0 unspecified atom stereocenters. The highest BCUT2D eigenvalue weighted by atomic mass is 32.1. The number of hydrogen-bond donors (Lipinski definition) is 3. The predicted molar refractivity (Wildman–Crippen MR) is 84.8 cm³/mol. The zero-order valence-electron chi connectivity index (χ0n) is 12.3. The third-order valence-corrected chi connectivity index (χ3v) is 3.43. The molecule has 0 aliphatic heterocycles. The Morgan fingerprint density at radius 2 is 1.91 bits per heavy atom. The molecule has 22 heavy (non-hydrogen) atoms. The topological polar surface area (TPSA) is 96.0 Å². The first-order valence-corrected chi connectivity index (χ1v) is 7.59. The summed E-state index contributed by atoms with van der Waals surface area (Å²) in [6.45, 7) is 3.97. The first-order valence-electron chi connectivity index (χ1n) is 6.77. The fourth-order valence-electron chi connectivity index (χ4n) is 1.59. The molecule has 0 bridgehead atoms. The molecule has 8 heteroatoms. The molecule has 0 aliphatic carbocycles. The lowest BCUT2D eigenvalue weighted by molar-refractivity contribution is 0.102. The molecule has 0 atom stereocenters. The van der Waals surface area contributed by atoms with Crippen LogP contribution in [0.3, 0.4) is 0 Å². The fourth-order valence-corrected chi connectivity index (χ4v) is 2.27. The van der Waals surface area contributed by atoms with Crippen LogP contribution in [0, 0.1) is 0 Å². The number of aromatic nitrogens is 2. The smallest absolute Gasteiger partial charge is 0.315 e. The largest absolute Gasteiger partial charge is 0.336 e. The third kappa shape index (κ3) is 4.81. The molecule has 3 amide bonds. The van der Waals surface area contributed by atoms with Crippen LogP contribution in [0.1, 0.15) is 28.7 Å². The van der Waals surface area contributed by atoms with Crippen LogP contribution in [0.2, 0.25) is 0 Å². The molecule has 0 saturated heterocycles. The van der Waals surface area contributed by atoms with Crippen LogP contribution < -0.4 is 16.0 Å². The Bertz CT molecular complexity index is 642. The van der Waals surface area contributed by atoms with E-state index in [0.29, 0.717) is 10.7 Å². The average Bonchev–Trinajstić information content (AvgIpc) is 2.94. The van der Waals surface area contributed by atoms with Gasteiger partial charge in [-0.3, -0.25) is 4.79 Å². The lowest BCUT2D eigenvalue weighted by Crippen LogP contribution is -2.39. The molecule has 2 aromatic rings. The second kappa shape index (κ2) is 7.51. The molecule has 1 heterocycles. The van der Waals surface area contributed by atoms with E-state index in [0.717, 1.165) is 11.3 Å². The summed E-state index contributed by atoms with van der Waals surface area (Å²) in [5.74, 6) is -0.318. The number of para-hydroxylation sites is 1. The lowest BCUT2D eigenvalue weighted by atomic mass is 10.3. The zero-order valence-corrected chi connectivity index (χ0v) is 13.1. The van der Waals surface area contributed by atoms with Gasteiger partial charge in [0.15, 0.2) is 0 Å². The predicted octanol–water partition coefficient (Wildman–Crippen LogP) is 2.00. The minimum absolute atomic E-state index is 0.0571. The van der Waals surface area contributed by atoms with Crippen molar-refractivity contribution in [1.82, 2.24) is 20.8 Å². The van der Waals surface area contributed by atoms with Crippen molar-refractivity contribution in [1.29, 1.82) is 0 Å². The van der Waals surface area contributed by atoms with Crippen LogP contribution in [-0.4, -0.2) is 28.2 Å². The molecule has 0 saturated carbocycles. The molecule has 0 aliphatic rings. The van der Waals surface area contributed by atoms with Crippen LogP contribution in [-0.2, 0) is 6.54 Å². The van der Waals surface area contributed by atoms with E-state index in [1.165, 1.54) is 0 Å². The number of nitrogens with zero attached hydrogens (tertiary/aromatic N) is 2. The summed E-state index contributed by atoms with van der Waals surface area (Å²) in [5, 5.41) is 16.6. The number of nitrogens with one attached hydrogen (secondary N) is 3. The summed E-state index contributed by atoms with van der Waals surface area (Å²) >= 11 is 1.14. The van der Waals surface area contributed by atoms with Gasteiger partial charge in [0, 0.05) is 11.7 Å². The van der Waals surface area contributed by atoms with E-state index in [2.05, 4.69) is 26.1 Å². The molecule has 2 rings (SSSR count). The van der Waals surface area contributed by atoms with Gasteiger partial charge in [0.25, 0.3) is 5.91 Å². The fraction of sp³-hybridized carbons (Fsp3) is 0.286. The SMILES string of the molecule is CC(C)NC(=O)NCc1nnc(C(=O)Nc2ccccc2)s1. The number of benzene rings is 1. The summed E-state index contributed by atoms with van der Waals surface area (Å²) in [6, 6.07) is 8.89.